The van der Waals surface area contributed by atoms with Gasteiger partial charge in [-0.15, -0.1) is 0 Å². The van der Waals surface area contributed by atoms with E-state index in [1.54, 1.807) is 6.07 Å². The molecule has 0 unspecified atom stereocenters. The van der Waals surface area contributed by atoms with Crippen LogP contribution in [0.4, 0.5) is 8.78 Å². The van der Waals surface area contributed by atoms with E-state index in [2.05, 4.69) is 5.32 Å². The van der Waals surface area contributed by atoms with Crippen molar-refractivity contribution in [1.29, 1.82) is 0 Å². The van der Waals surface area contributed by atoms with Gasteiger partial charge in [-0.2, -0.15) is 0 Å². The van der Waals surface area contributed by atoms with E-state index >= 15 is 0 Å². The number of nitrogens with one attached hydrogen (secondary N) is 1. The van der Waals surface area contributed by atoms with Crippen molar-refractivity contribution in [3.63, 3.8) is 0 Å². The molecule has 1 heterocycles. The number of halogens is 2. The van der Waals surface area contributed by atoms with Crippen molar-refractivity contribution >= 4 is 5.91 Å². The molecule has 0 saturated carbocycles. The van der Waals surface area contributed by atoms with Crippen LogP contribution in [0, 0.1) is 0 Å². The molecule has 1 aliphatic heterocycles. The molecule has 0 aromatic heterocycles. The van der Waals surface area contributed by atoms with E-state index in [-0.39, 0.29) is 5.56 Å². The quantitative estimate of drug-likeness (QED) is 0.849. The van der Waals surface area contributed by atoms with Gasteiger partial charge >= 0.3 is 0 Å². The van der Waals surface area contributed by atoms with Crippen molar-refractivity contribution in [2.24, 2.45) is 5.73 Å². The molecule has 104 valence electrons. The first-order valence-corrected chi connectivity index (χ1v) is 5.77. The van der Waals surface area contributed by atoms with Crippen molar-refractivity contribution < 1.29 is 23.0 Å². The van der Waals surface area contributed by atoms with E-state index in [1.807, 2.05) is 0 Å². The Balaban J connectivity index is 2.03. The molecular weight excluding hydrogens is 258 g/mol. The Hall–Kier alpha value is -1.89. The number of hydrogen-bond donors (Lipinski definition) is 2. The minimum atomic E-state index is -3.11. The van der Waals surface area contributed by atoms with Crippen LogP contribution in [0.3, 0.4) is 0 Å². The van der Waals surface area contributed by atoms with Gasteiger partial charge in [0.2, 0.25) is 0 Å². The van der Waals surface area contributed by atoms with Crippen molar-refractivity contribution in [1.82, 2.24) is 5.32 Å². The molecule has 0 atom stereocenters. The third kappa shape index (κ3) is 3.31. The maximum Gasteiger partial charge on any atom is 0.277 e. The van der Waals surface area contributed by atoms with Crippen LogP contribution in [0.25, 0.3) is 0 Å². The number of nitrogens with two attached hydrogens (primary N) is 1. The minimum absolute atomic E-state index is 0.233. The molecule has 7 heteroatoms. The van der Waals surface area contributed by atoms with Gasteiger partial charge in [-0.25, -0.2) is 8.78 Å². The van der Waals surface area contributed by atoms with Crippen LogP contribution < -0.4 is 20.5 Å². The summed E-state index contributed by atoms with van der Waals surface area (Å²) in [6.45, 7) is -0.768. The number of carbonyl (C=O) groups excluding carboxylic acids is 1. The second-order valence-corrected chi connectivity index (χ2v) is 4.10. The van der Waals surface area contributed by atoms with E-state index in [0.717, 1.165) is 0 Å². The monoisotopic (exact) mass is 272 g/mol. The molecule has 19 heavy (non-hydrogen) atoms. The van der Waals surface area contributed by atoms with Gasteiger partial charge in [-0.05, 0) is 18.2 Å². The summed E-state index contributed by atoms with van der Waals surface area (Å²) in [5.41, 5.74) is 5.12. The van der Waals surface area contributed by atoms with Crippen molar-refractivity contribution in [3.05, 3.63) is 23.8 Å². The number of fused-ring (bicyclic) bond motifs is 1. The first kappa shape index (κ1) is 13.5. The lowest BCUT2D eigenvalue weighted by atomic mass is 10.1. The Bertz CT molecular complexity index is 480. The lowest BCUT2D eigenvalue weighted by molar-refractivity contribution is 0.0118. The summed E-state index contributed by atoms with van der Waals surface area (Å²) in [6, 6.07) is 4.53. The molecule has 0 spiro atoms. The van der Waals surface area contributed by atoms with Crippen molar-refractivity contribution in [2.75, 3.05) is 26.3 Å². The van der Waals surface area contributed by atoms with Crippen LogP contribution in [0.2, 0.25) is 0 Å². The second-order valence-electron chi connectivity index (χ2n) is 4.10. The fourth-order valence-electron chi connectivity index (χ4n) is 1.57. The van der Waals surface area contributed by atoms with Gasteiger partial charge in [0.05, 0.1) is 13.1 Å². The third-order valence-corrected chi connectivity index (χ3v) is 2.61. The minimum Gasteiger partial charge on any atom is -0.486 e. The maximum absolute atomic E-state index is 12.9. The summed E-state index contributed by atoms with van der Waals surface area (Å²) in [6.07, 6.45) is 0. The van der Waals surface area contributed by atoms with E-state index in [0.29, 0.717) is 24.7 Å². The lowest BCUT2D eigenvalue weighted by Crippen LogP contribution is -2.41. The smallest absolute Gasteiger partial charge is 0.277 e. The van der Waals surface area contributed by atoms with Gasteiger partial charge in [0.1, 0.15) is 13.2 Å². The Morgan fingerprint density at radius 1 is 1.32 bits per heavy atom. The molecular formula is C12H14F2N2O3. The highest BCUT2D eigenvalue weighted by Gasteiger charge is 2.27. The molecule has 3 N–H and O–H groups in total. The summed E-state index contributed by atoms with van der Waals surface area (Å²) >= 11 is 0. The molecule has 5 nitrogen and oxygen atoms in total. The molecule has 0 saturated heterocycles. The second kappa shape index (κ2) is 5.40. The molecule has 2 rings (SSSR count). The molecule has 0 aliphatic carbocycles. The maximum atomic E-state index is 12.9. The average molecular weight is 272 g/mol. The SMILES string of the molecule is NCC(F)(F)CNC(=O)c1ccc2c(c1)OCCO2. The summed E-state index contributed by atoms with van der Waals surface area (Å²) in [5, 5.41) is 2.13. The molecule has 0 radical (unpaired) electrons. The zero-order valence-corrected chi connectivity index (χ0v) is 10.1. The number of ether oxygens (including phenoxy) is 2. The third-order valence-electron chi connectivity index (χ3n) is 2.61. The summed E-state index contributed by atoms with van der Waals surface area (Å²) in [5.74, 6) is -2.74. The topological polar surface area (TPSA) is 73.6 Å². The predicted molar refractivity (Wildman–Crippen MR) is 63.8 cm³/mol. The number of hydrogen-bond acceptors (Lipinski definition) is 4. The zero-order chi connectivity index (χ0) is 13.9. The van der Waals surface area contributed by atoms with Gasteiger partial charge in [0, 0.05) is 5.56 Å². The lowest BCUT2D eigenvalue weighted by Gasteiger charge is -2.19. The van der Waals surface area contributed by atoms with Gasteiger partial charge in [0.25, 0.3) is 11.8 Å². The van der Waals surface area contributed by atoms with Gasteiger partial charge in [0.15, 0.2) is 11.5 Å². The van der Waals surface area contributed by atoms with Crippen molar-refractivity contribution in [2.45, 2.75) is 5.92 Å². The molecule has 1 aliphatic rings. The number of rotatable bonds is 4. The molecule has 1 aromatic carbocycles. The number of carbonyl (C=O) groups is 1. The molecule has 0 bridgehead atoms. The number of amides is 1. The fourth-order valence-corrected chi connectivity index (χ4v) is 1.57. The Morgan fingerprint density at radius 2 is 2.00 bits per heavy atom. The molecule has 1 aromatic rings. The first-order valence-electron chi connectivity index (χ1n) is 5.77. The van der Waals surface area contributed by atoms with Crippen LogP contribution in [0.15, 0.2) is 18.2 Å². The van der Waals surface area contributed by atoms with Crippen LogP contribution in [0.5, 0.6) is 11.5 Å². The highest BCUT2D eigenvalue weighted by Crippen LogP contribution is 2.30. The normalized spacial score (nSPS) is 14.1. The van der Waals surface area contributed by atoms with Crippen LogP contribution in [-0.4, -0.2) is 38.1 Å². The Kier molecular flexibility index (Phi) is 3.84. The number of benzene rings is 1. The standard InChI is InChI=1S/C12H14F2N2O3/c13-12(14,6-15)7-16-11(17)8-1-2-9-10(5-8)19-4-3-18-9/h1-2,5H,3-4,6-7,15H2,(H,16,17). The Morgan fingerprint density at radius 3 is 2.68 bits per heavy atom. The van der Waals surface area contributed by atoms with E-state index in [4.69, 9.17) is 15.2 Å². The van der Waals surface area contributed by atoms with E-state index in [9.17, 15) is 13.6 Å². The largest absolute Gasteiger partial charge is 0.486 e. The van der Waals surface area contributed by atoms with Gasteiger partial charge in [-0.3, -0.25) is 4.79 Å². The van der Waals surface area contributed by atoms with Gasteiger partial charge in [-0.1, -0.05) is 0 Å². The summed E-state index contributed by atoms with van der Waals surface area (Å²) in [7, 11) is 0. The number of alkyl halides is 2. The summed E-state index contributed by atoms with van der Waals surface area (Å²) in [4.78, 5) is 11.7. The zero-order valence-electron chi connectivity index (χ0n) is 10.1. The predicted octanol–water partition coefficient (Wildman–Crippen LogP) is 0.782. The van der Waals surface area contributed by atoms with E-state index < -0.39 is 24.9 Å². The highest BCUT2D eigenvalue weighted by molar-refractivity contribution is 5.94. The first-order chi connectivity index (χ1) is 9.02. The molecule has 0 fully saturated rings. The van der Waals surface area contributed by atoms with E-state index in [1.165, 1.54) is 12.1 Å². The average Bonchev–Trinajstić information content (AvgIpc) is 2.44. The molecule has 1 amide bonds. The fraction of sp³-hybridized carbons (Fsp3) is 0.417. The van der Waals surface area contributed by atoms with Gasteiger partial charge < -0.3 is 20.5 Å². The van der Waals surface area contributed by atoms with Crippen LogP contribution >= 0.6 is 0 Å². The highest BCUT2D eigenvalue weighted by atomic mass is 19.3. The van der Waals surface area contributed by atoms with Crippen LogP contribution in [-0.2, 0) is 0 Å². The van der Waals surface area contributed by atoms with Crippen molar-refractivity contribution in [3.8, 4) is 11.5 Å². The Labute approximate surface area is 108 Å². The summed E-state index contributed by atoms with van der Waals surface area (Å²) < 4.78 is 36.4. The van der Waals surface area contributed by atoms with Crippen LogP contribution in [0.1, 0.15) is 10.4 Å².